The number of ketones is 1. The number of amides is 1. The summed E-state index contributed by atoms with van der Waals surface area (Å²) >= 11 is 5.99. The van der Waals surface area contributed by atoms with Crippen molar-refractivity contribution in [2.75, 3.05) is 13.1 Å². The lowest BCUT2D eigenvalue weighted by atomic mass is 9.93. The van der Waals surface area contributed by atoms with Gasteiger partial charge in [0.05, 0.1) is 0 Å². The Morgan fingerprint density at radius 3 is 2.79 bits per heavy atom. The molecule has 1 aromatic rings. The molecule has 1 heterocycles. The molecular weight excluding hydrogens is 262 g/mol. The second-order valence-electron chi connectivity index (χ2n) is 5.09. The molecule has 1 saturated heterocycles. The number of rotatable bonds is 2. The van der Waals surface area contributed by atoms with Crippen LogP contribution in [-0.4, -0.2) is 29.7 Å². The van der Waals surface area contributed by atoms with Crippen LogP contribution in [0.25, 0.3) is 0 Å². The lowest BCUT2D eigenvalue weighted by Gasteiger charge is -2.31. The van der Waals surface area contributed by atoms with Gasteiger partial charge in [-0.3, -0.25) is 9.59 Å². The van der Waals surface area contributed by atoms with Gasteiger partial charge in [-0.15, -0.1) is 0 Å². The van der Waals surface area contributed by atoms with Crippen LogP contribution in [-0.2, 0) is 4.79 Å². The van der Waals surface area contributed by atoms with Gasteiger partial charge in [-0.2, -0.15) is 0 Å². The molecule has 0 saturated carbocycles. The Morgan fingerprint density at radius 1 is 1.42 bits per heavy atom. The van der Waals surface area contributed by atoms with Gasteiger partial charge in [0, 0.05) is 36.0 Å². The first-order valence-electron chi connectivity index (χ1n) is 6.60. The Bertz CT molecular complexity index is 493. The van der Waals surface area contributed by atoms with Gasteiger partial charge in [0.1, 0.15) is 5.78 Å². The molecule has 1 amide bonds. The van der Waals surface area contributed by atoms with Gasteiger partial charge in [-0.25, -0.2) is 0 Å². The van der Waals surface area contributed by atoms with Gasteiger partial charge in [0.2, 0.25) is 0 Å². The normalized spacial score (nSPS) is 19.6. The van der Waals surface area contributed by atoms with E-state index in [1.165, 1.54) is 0 Å². The lowest BCUT2D eigenvalue weighted by Crippen LogP contribution is -2.43. The van der Waals surface area contributed by atoms with E-state index in [0.717, 1.165) is 12.0 Å². The summed E-state index contributed by atoms with van der Waals surface area (Å²) in [5.41, 5.74) is 1.57. The molecule has 0 N–H and O–H groups in total. The maximum Gasteiger partial charge on any atom is 0.253 e. The van der Waals surface area contributed by atoms with Crippen LogP contribution >= 0.6 is 11.6 Å². The zero-order valence-corrected chi connectivity index (χ0v) is 12.0. The molecule has 1 atom stereocenters. The molecule has 19 heavy (non-hydrogen) atoms. The summed E-state index contributed by atoms with van der Waals surface area (Å²) in [4.78, 5) is 25.9. The molecule has 3 nitrogen and oxygen atoms in total. The molecule has 0 radical (unpaired) electrons. The standard InChI is InChI=1S/C15H18ClNO2/c1-3-11-9-17(5-4-14(11)18)15(19)12-6-10(2)7-13(16)8-12/h6-8,11H,3-5,9H2,1-2H3. The number of halogens is 1. The fourth-order valence-corrected chi connectivity index (χ4v) is 2.78. The van der Waals surface area contributed by atoms with Crippen LogP contribution < -0.4 is 0 Å². The van der Waals surface area contributed by atoms with Crippen LogP contribution in [0.2, 0.25) is 5.02 Å². The summed E-state index contributed by atoms with van der Waals surface area (Å²) in [5.74, 6) is 0.225. The van der Waals surface area contributed by atoms with Gasteiger partial charge >= 0.3 is 0 Å². The predicted molar refractivity (Wildman–Crippen MR) is 75.5 cm³/mol. The molecule has 1 unspecified atom stereocenters. The molecule has 2 rings (SSSR count). The average Bonchev–Trinajstić information content (AvgIpc) is 2.37. The third kappa shape index (κ3) is 3.16. The first-order valence-corrected chi connectivity index (χ1v) is 6.98. The van der Waals surface area contributed by atoms with E-state index in [-0.39, 0.29) is 17.6 Å². The Labute approximate surface area is 118 Å². The molecule has 0 aliphatic carbocycles. The monoisotopic (exact) mass is 279 g/mol. The molecule has 102 valence electrons. The number of hydrogen-bond acceptors (Lipinski definition) is 2. The molecular formula is C15H18ClNO2. The van der Waals surface area contributed by atoms with E-state index in [2.05, 4.69) is 0 Å². The Morgan fingerprint density at radius 2 is 2.16 bits per heavy atom. The lowest BCUT2D eigenvalue weighted by molar-refractivity contribution is -0.125. The van der Waals surface area contributed by atoms with Crippen molar-refractivity contribution in [2.24, 2.45) is 5.92 Å². The van der Waals surface area contributed by atoms with Crippen molar-refractivity contribution in [3.05, 3.63) is 34.3 Å². The van der Waals surface area contributed by atoms with Crippen molar-refractivity contribution in [1.82, 2.24) is 4.90 Å². The molecule has 1 aromatic carbocycles. The van der Waals surface area contributed by atoms with Crippen LogP contribution in [0.5, 0.6) is 0 Å². The fourth-order valence-electron chi connectivity index (χ4n) is 2.49. The summed E-state index contributed by atoms with van der Waals surface area (Å²) in [6.45, 7) is 4.94. The summed E-state index contributed by atoms with van der Waals surface area (Å²) in [5, 5.41) is 0.573. The molecule has 1 aliphatic rings. The van der Waals surface area contributed by atoms with Crippen molar-refractivity contribution in [1.29, 1.82) is 0 Å². The van der Waals surface area contributed by atoms with Crippen LogP contribution in [0, 0.1) is 12.8 Å². The fraction of sp³-hybridized carbons (Fsp3) is 0.467. The third-order valence-electron chi connectivity index (χ3n) is 3.59. The van der Waals surface area contributed by atoms with Crippen molar-refractivity contribution in [3.63, 3.8) is 0 Å². The highest BCUT2D eigenvalue weighted by Crippen LogP contribution is 2.20. The molecule has 4 heteroatoms. The van der Waals surface area contributed by atoms with Gasteiger partial charge in [-0.05, 0) is 37.1 Å². The highest BCUT2D eigenvalue weighted by molar-refractivity contribution is 6.31. The van der Waals surface area contributed by atoms with Crippen molar-refractivity contribution < 1.29 is 9.59 Å². The van der Waals surface area contributed by atoms with Crippen LogP contribution in [0.4, 0.5) is 0 Å². The predicted octanol–water partition coefficient (Wildman–Crippen LogP) is 3.09. The summed E-state index contributed by atoms with van der Waals surface area (Å²) in [6, 6.07) is 5.35. The molecule has 1 fully saturated rings. The van der Waals surface area contributed by atoms with E-state index in [4.69, 9.17) is 11.6 Å². The number of aryl methyl sites for hydroxylation is 1. The SMILES string of the molecule is CCC1CN(C(=O)c2cc(C)cc(Cl)c2)CCC1=O. The third-order valence-corrected chi connectivity index (χ3v) is 3.81. The van der Waals surface area contributed by atoms with Crippen LogP contribution in [0.15, 0.2) is 18.2 Å². The largest absolute Gasteiger partial charge is 0.337 e. The maximum absolute atomic E-state index is 12.4. The number of piperidine rings is 1. The summed E-state index contributed by atoms with van der Waals surface area (Å²) in [7, 11) is 0. The quantitative estimate of drug-likeness (QED) is 0.834. The van der Waals surface area contributed by atoms with Crippen molar-refractivity contribution in [2.45, 2.75) is 26.7 Å². The summed E-state index contributed by atoms with van der Waals surface area (Å²) < 4.78 is 0. The number of Topliss-reactive ketones (excluding diaryl/α,β-unsaturated/α-hetero) is 1. The van der Waals surface area contributed by atoms with E-state index in [1.807, 2.05) is 26.0 Å². The molecule has 0 aromatic heterocycles. The number of carbonyl (C=O) groups is 2. The second-order valence-corrected chi connectivity index (χ2v) is 5.53. The number of carbonyl (C=O) groups excluding carboxylic acids is 2. The second kappa shape index (κ2) is 5.74. The Kier molecular flexibility index (Phi) is 4.25. The minimum atomic E-state index is -0.0310. The number of nitrogens with zero attached hydrogens (tertiary/aromatic N) is 1. The minimum Gasteiger partial charge on any atom is -0.337 e. The Hall–Kier alpha value is -1.35. The summed E-state index contributed by atoms with van der Waals surface area (Å²) in [6.07, 6.45) is 1.25. The number of hydrogen-bond donors (Lipinski definition) is 0. The van der Waals surface area contributed by atoms with E-state index in [1.54, 1.807) is 11.0 Å². The van der Waals surface area contributed by atoms with Gasteiger partial charge in [0.25, 0.3) is 5.91 Å². The van der Waals surface area contributed by atoms with Gasteiger partial charge in [0.15, 0.2) is 0 Å². The van der Waals surface area contributed by atoms with E-state index in [0.29, 0.717) is 30.1 Å². The highest BCUT2D eigenvalue weighted by Gasteiger charge is 2.29. The first-order chi connectivity index (χ1) is 9.01. The van der Waals surface area contributed by atoms with E-state index in [9.17, 15) is 9.59 Å². The average molecular weight is 280 g/mol. The topological polar surface area (TPSA) is 37.4 Å². The number of likely N-dealkylation sites (tertiary alicyclic amines) is 1. The molecule has 0 spiro atoms. The van der Waals surface area contributed by atoms with Gasteiger partial charge in [-0.1, -0.05) is 18.5 Å². The van der Waals surface area contributed by atoms with Gasteiger partial charge < -0.3 is 4.90 Å². The van der Waals surface area contributed by atoms with Crippen LogP contribution in [0.1, 0.15) is 35.7 Å². The van der Waals surface area contributed by atoms with E-state index < -0.39 is 0 Å². The smallest absolute Gasteiger partial charge is 0.253 e. The van der Waals surface area contributed by atoms with Crippen LogP contribution in [0.3, 0.4) is 0 Å². The van der Waals surface area contributed by atoms with E-state index >= 15 is 0 Å². The number of benzene rings is 1. The van der Waals surface area contributed by atoms with Crippen molar-refractivity contribution >= 4 is 23.3 Å². The minimum absolute atomic E-state index is 0.0158. The zero-order chi connectivity index (χ0) is 14.0. The highest BCUT2D eigenvalue weighted by atomic mass is 35.5. The zero-order valence-electron chi connectivity index (χ0n) is 11.3. The molecule has 1 aliphatic heterocycles. The molecule has 0 bridgehead atoms. The first kappa shape index (κ1) is 14.1. The maximum atomic E-state index is 12.4. The Balaban J connectivity index is 2.17. The van der Waals surface area contributed by atoms with Crippen molar-refractivity contribution in [3.8, 4) is 0 Å².